The van der Waals surface area contributed by atoms with E-state index in [1.807, 2.05) is 0 Å². The summed E-state index contributed by atoms with van der Waals surface area (Å²) in [7, 11) is 0. The van der Waals surface area contributed by atoms with Gasteiger partial charge in [-0.3, -0.25) is 0 Å². The summed E-state index contributed by atoms with van der Waals surface area (Å²) in [6.07, 6.45) is 16.7. The molecule has 0 N–H and O–H groups in total. The first-order valence-electron chi connectivity index (χ1n) is 10.1. The standard InChI is InChI=1S/C23H39/c1-5-8-12-20(4)13-11-16-23-18-21(14-9-6-2)17-22(19-23)15-10-7-3/h13,17-20H,5-12,14-16H2,1-4H3. The predicted molar refractivity (Wildman–Crippen MR) is 105 cm³/mol. The summed E-state index contributed by atoms with van der Waals surface area (Å²) in [6.45, 7) is 9.23. The molecule has 0 bridgehead atoms. The van der Waals surface area contributed by atoms with Gasteiger partial charge in [0.2, 0.25) is 0 Å². The van der Waals surface area contributed by atoms with Gasteiger partial charge in [-0.25, -0.2) is 0 Å². The molecule has 0 nitrogen and oxygen atoms in total. The van der Waals surface area contributed by atoms with E-state index in [2.05, 4.69) is 52.3 Å². The summed E-state index contributed by atoms with van der Waals surface area (Å²) < 4.78 is 0. The van der Waals surface area contributed by atoms with Crippen LogP contribution in [0.4, 0.5) is 0 Å². The van der Waals surface area contributed by atoms with Gasteiger partial charge in [0.05, 0.1) is 0 Å². The van der Waals surface area contributed by atoms with Crippen LogP contribution in [0.15, 0.2) is 18.2 Å². The van der Waals surface area contributed by atoms with Gasteiger partial charge < -0.3 is 0 Å². The van der Waals surface area contributed by atoms with Gasteiger partial charge in [-0.2, -0.15) is 0 Å². The molecule has 1 unspecified atom stereocenters. The molecule has 0 aromatic heterocycles. The minimum absolute atomic E-state index is 0.776. The van der Waals surface area contributed by atoms with E-state index in [1.54, 1.807) is 16.7 Å². The number of aryl methyl sites for hydroxylation is 3. The first kappa shape index (κ1) is 20.3. The quantitative estimate of drug-likeness (QED) is 0.357. The summed E-state index contributed by atoms with van der Waals surface area (Å²) in [6, 6.07) is 7.40. The Hall–Kier alpha value is -0.780. The molecule has 131 valence electrons. The molecule has 0 spiro atoms. The Labute approximate surface area is 146 Å². The molecular weight excluding hydrogens is 276 g/mol. The van der Waals surface area contributed by atoms with Gasteiger partial charge in [-0.15, -0.1) is 0 Å². The molecule has 0 aliphatic heterocycles. The molecule has 0 saturated carbocycles. The van der Waals surface area contributed by atoms with Gasteiger partial charge in [-0.05, 0) is 67.6 Å². The molecule has 1 aromatic carbocycles. The third kappa shape index (κ3) is 9.18. The van der Waals surface area contributed by atoms with E-state index in [-0.39, 0.29) is 0 Å². The molecular formula is C23H39. The molecule has 0 amide bonds. The molecule has 23 heavy (non-hydrogen) atoms. The van der Waals surface area contributed by atoms with Crippen molar-refractivity contribution in [2.45, 2.75) is 98.3 Å². The van der Waals surface area contributed by atoms with E-state index in [1.165, 1.54) is 70.6 Å². The molecule has 0 saturated heterocycles. The summed E-state index contributed by atoms with van der Waals surface area (Å²) in [4.78, 5) is 0. The SMILES string of the molecule is CCCCc1cc(CC[CH]C(C)CCCC)cc(CCCC)c1. The van der Waals surface area contributed by atoms with Crippen LogP contribution < -0.4 is 0 Å². The maximum atomic E-state index is 2.54. The lowest BCUT2D eigenvalue weighted by molar-refractivity contribution is 0.547. The highest BCUT2D eigenvalue weighted by atomic mass is 14.1. The molecule has 0 aliphatic rings. The van der Waals surface area contributed by atoms with E-state index in [0.29, 0.717) is 0 Å². The van der Waals surface area contributed by atoms with Crippen LogP contribution in [0.2, 0.25) is 0 Å². The Bertz CT molecular complexity index is 378. The normalized spacial score (nSPS) is 12.5. The predicted octanol–water partition coefficient (Wildman–Crippen LogP) is 7.33. The van der Waals surface area contributed by atoms with E-state index in [9.17, 15) is 0 Å². The van der Waals surface area contributed by atoms with Crippen molar-refractivity contribution in [2.24, 2.45) is 5.92 Å². The van der Waals surface area contributed by atoms with E-state index in [0.717, 1.165) is 5.92 Å². The van der Waals surface area contributed by atoms with E-state index in [4.69, 9.17) is 0 Å². The maximum Gasteiger partial charge on any atom is -0.0276 e. The second-order valence-electron chi connectivity index (χ2n) is 7.26. The van der Waals surface area contributed by atoms with Crippen LogP contribution in [0.25, 0.3) is 0 Å². The lowest BCUT2D eigenvalue weighted by Gasteiger charge is -2.12. The average Bonchev–Trinajstić information content (AvgIpc) is 2.56. The molecule has 0 heterocycles. The first-order valence-corrected chi connectivity index (χ1v) is 10.1. The number of hydrogen-bond donors (Lipinski definition) is 0. The molecule has 1 atom stereocenters. The Balaban J connectivity index is 2.56. The van der Waals surface area contributed by atoms with Gasteiger partial charge >= 0.3 is 0 Å². The minimum Gasteiger partial charge on any atom is -0.0654 e. The summed E-state index contributed by atoms with van der Waals surface area (Å²) >= 11 is 0. The molecule has 1 aromatic rings. The molecule has 0 heteroatoms. The lowest BCUT2D eigenvalue weighted by atomic mass is 9.93. The monoisotopic (exact) mass is 315 g/mol. The van der Waals surface area contributed by atoms with Crippen LogP contribution in [0.5, 0.6) is 0 Å². The Morgan fingerprint density at radius 2 is 1.22 bits per heavy atom. The van der Waals surface area contributed by atoms with Crippen molar-refractivity contribution in [1.29, 1.82) is 0 Å². The fourth-order valence-electron chi connectivity index (χ4n) is 3.21. The first-order chi connectivity index (χ1) is 11.2. The van der Waals surface area contributed by atoms with Crippen molar-refractivity contribution in [3.8, 4) is 0 Å². The third-order valence-electron chi connectivity index (χ3n) is 4.77. The Kier molecular flexibility index (Phi) is 11.1. The highest BCUT2D eigenvalue weighted by Gasteiger charge is 2.05. The van der Waals surface area contributed by atoms with E-state index >= 15 is 0 Å². The van der Waals surface area contributed by atoms with Crippen LogP contribution in [0.1, 0.15) is 95.8 Å². The van der Waals surface area contributed by atoms with Crippen molar-refractivity contribution < 1.29 is 0 Å². The van der Waals surface area contributed by atoms with Crippen LogP contribution in [0.3, 0.4) is 0 Å². The Morgan fingerprint density at radius 1 is 0.739 bits per heavy atom. The second kappa shape index (κ2) is 12.6. The van der Waals surface area contributed by atoms with Gasteiger partial charge in [-0.1, -0.05) is 78.0 Å². The second-order valence-corrected chi connectivity index (χ2v) is 7.26. The average molecular weight is 316 g/mol. The topological polar surface area (TPSA) is 0 Å². The van der Waals surface area contributed by atoms with Crippen molar-refractivity contribution in [2.75, 3.05) is 0 Å². The van der Waals surface area contributed by atoms with Crippen LogP contribution in [-0.4, -0.2) is 0 Å². The zero-order valence-electron chi connectivity index (χ0n) is 16.2. The summed E-state index contributed by atoms with van der Waals surface area (Å²) in [5.41, 5.74) is 4.69. The van der Waals surface area contributed by atoms with E-state index < -0.39 is 0 Å². The van der Waals surface area contributed by atoms with Gasteiger partial charge in [0.15, 0.2) is 0 Å². The number of hydrogen-bond acceptors (Lipinski definition) is 0. The molecule has 1 radical (unpaired) electrons. The number of benzene rings is 1. The molecule has 1 rings (SSSR count). The number of unbranched alkanes of at least 4 members (excludes halogenated alkanes) is 3. The lowest BCUT2D eigenvalue weighted by Crippen LogP contribution is -1.99. The zero-order chi connectivity index (χ0) is 16.9. The van der Waals surface area contributed by atoms with Crippen LogP contribution in [0, 0.1) is 12.3 Å². The fourth-order valence-corrected chi connectivity index (χ4v) is 3.21. The minimum atomic E-state index is 0.776. The Morgan fingerprint density at radius 3 is 1.70 bits per heavy atom. The summed E-state index contributed by atoms with van der Waals surface area (Å²) in [5, 5.41) is 0. The summed E-state index contributed by atoms with van der Waals surface area (Å²) in [5.74, 6) is 0.776. The fraction of sp³-hybridized carbons (Fsp3) is 0.696. The molecule has 0 aliphatic carbocycles. The van der Waals surface area contributed by atoms with Crippen molar-refractivity contribution in [3.05, 3.63) is 41.3 Å². The van der Waals surface area contributed by atoms with Crippen LogP contribution >= 0.6 is 0 Å². The molecule has 0 fully saturated rings. The highest BCUT2D eigenvalue weighted by molar-refractivity contribution is 5.31. The zero-order valence-corrected chi connectivity index (χ0v) is 16.2. The highest BCUT2D eigenvalue weighted by Crippen LogP contribution is 2.19. The maximum absolute atomic E-state index is 2.54. The van der Waals surface area contributed by atoms with Gasteiger partial charge in [0.1, 0.15) is 0 Å². The van der Waals surface area contributed by atoms with Crippen molar-refractivity contribution in [3.63, 3.8) is 0 Å². The number of rotatable bonds is 13. The van der Waals surface area contributed by atoms with Crippen molar-refractivity contribution in [1.82, 2.24) is 0 Å². The van der Waals surface area contributed by atoms with Crippen molar-refractivity contribution >= 4 is 0 Å². The third-order valence-corrected chi connectivity index (χ3v) is 4.77. The largest absolute Gasteiger partial charge is 0.0654 e. The smallest absolute Gasteiger partial charge is 0.0276 e. The van der Waals surface area contributed by atoms with Crippen LogP contribution in [-0.2, 0) is 19.3 Å². The van der Waals surface area contributed by atoms with Gasteiger partial charge in [0.25, 0.3) is 0 Å². The van der Waals surface area contributed by atoms with Gasteiger partial charge in [0, 0.05) is 0 Å².